The van der Waals surface area contributed by atoms with Crippen LogP contribution in [0.1, 0.15) is 25.1 Å². The average Bonchev–Trinajstić information content (AvgIpc) is 2.41. The van der Waals surface area contributed by atoms with E-state index in [9.17, 15) is 0 Å². The third-order valence-electron chi connectivity index (χ3n) is 3.06. The number of pyridine rings is 1. The number of aryl methyl sites for hydroxylation is 1. The first kappa shape index (κ1) is 16.0. The minimum Gasteiger partial charge on any atom is -0.439 e. The molecule has 3 nitrogen and oxygen atoms in total. The molecular weight excluding hydrogens is 328 g/mol. The Morgan fingerprint density at radius 1 is 1.24 bits per heavy atom. The average molecular weight is 349 g/mol. The molecule has 112 valence electrons. The van der Waals surface area contributed by atoms with Crippen LogP contribution < -0.4 is 10.1 Å². The van der Waals surface area contributed by atoms with Gasteiger partial charge in [0.25, 0.3) is 0 Å². The Kier molecular flexibility index (Phi) is 5.76. The van der Waals surface area contributed by atoms with Gasteiger partial charge in [-0.2, -0.15) is 0 Å². The van der Waals surface area contributed by atoms with Crippen molar-refractivity contribution in [3.63, 3.8) is 0 Å². The second-order valence-electron chi connectivity index (χ2n) is 5.48. The number of nitrogens with zero attached hydrogens (tertiary/aromatic N) is 1. The van der Waals surface area contributed by atoms with Crippen molar-refractivity contribution in [3.8, 4) is 11.6 Å². The first-order valence-electron chi connectivity index (χ1n) is 7.15. The fraction of sp³-hybridized carbons (Fsp3) is 0.353. The summed E-state index contributed by atoms with van der Waals surface area (Å²) < 4.78 is 6.77. The smallest absolute Gasteiger partial charge is 0.219 e. The van der Waals surface area contributed by atoms with E-state index in [4.69, 9.17) is 4.74 Å². The molecule has 0 aliphatic rings. The molecule has 1 aromatic carbocycles. The van der Waals surface area contributed by atoms with Crippen LogP contribution in [0.5, 0.6) is 11.6 Å². The highest BCUT2D eigenvalue weighted by Gasteiger charge is 2.04. The lowest BCUT2D eigenvalue weighted by molar-refractivity contribution is 0.460. The minimum absolute atomic E-state index is 0.623. The van der Waals surface area contributed by atoms with Gasteiger partial charge in [-0.15, -0.1) is 0 Å². The number of hydrogen-bond donors (Lipinski definition) is 1. The van der Waals surface area contributed by atoms with Crippen LogP contribution in [-0.2, 0) is 6.54 Å². The number of rotatable bonds is 6. The SMILES string of the molecule is Cc1nc(Oc2cccc(Br)c2)ccc1CNCC(C)C. The van der Waals surface area contributed by atoms with Crippen LogP contribution in [0, 0.1) is 12.8 Å². The highest BCUT2D eigenvalue weighted by Crippen LogP contribution is 2.23. The Morgan fingerprint density at radius 3 is 2.71 bits per heavy atom. The molecule has 4 heteroatoms. The topological polar surface area (TPSA) is 34.1 Å². The summed E-state index contributed by atoms with van der Waals surface area (Å²) in [6.07, 6.45) is 0. The van der Waals surface area contributed by atoms with Crippen molar-refractivity contribution in [2.45, 2.75) is 27.3 Å². The van der Waals surface area contributed by atoms with Gasteiger partial charge in [-0.05, 0) is 43.1 Å². The predicted molar refractivity (Wildman–Crippen MR) is 89.7 cm³/mol. The summed E-state index contributed by atoms with van der Waals surface area (Å²) in [5.74, 6) is 2.05. The molecule has 1 aromatic heterocycles. The van der Waals surface area contributed by atoms with Gasteiger partial charge in [0.1, 0.15) is 5.75 Å². The maximum absolute atomic E-state index is 5.78. The van der Waals surface area contributed by atoms with Crippen molar-refractivity contribution in [2.75, 3.05) is 6.54 Å². The Bertz CT molecular complexity index is 599. The van der Waals surface area contributed by atoms with Gasteiger partial charge >= 0.3 is 0 Å². The van der Waals surface area contributed by atoms with Gasteiger partial charge in [-0.1, -0.05) is 41.9 Å². The third kappa shape index (κ3) is 5.14. The molecule has 0 radical (unpaired) electrons. The fourth-order valence-electron chi connectivity index (χ4n) is 1.96. The van der Waals surface area contributed by atoms with Crippen LogP contribution in [0.3, 0.4) is 0 Å². The standard InChI is InChI=1S/C17H21BrN2O/c1-12(2)10-19-11-14-7-8-17(20-13(14)3)21-16-6-4-5-15(18)9-16/h4-9,12,19H,10-11H2,1-3H3. The van der Waals surface area contributed by atoms with Crippen molar-refractivity contribution in [2.24, 2.45) is 5.92 Å². The molecule has 0 bridgehead atoms. The summed E-state index contributed by atoms with van der Waals surface area (Å²) in [6, 6.07) is 11.7. The van der Waals surface area contributed by atoms with E-state index in [-0.39, 0.29) is 0 Å². The van der Waals surface area contributed by atoms with Crippen LogP contribution >= 0.6 is 15.9 Å². The van der Waals surface area contributed by atoms with E-state index in [1.165, 1.54) is 5.56 Å². The molecule has 1 heterocycles. The molecular formula is C17H21BrN2O. The van der Waals surface area contributed by atoms with Gasteiger partial charge in [-0.25, -0.2) is 4.98 Å². The van der Waals surface area contributed by atoms with E-state index >= 15 is 0 Å². The number of ether oxygens (including phenoxy) is 1. The molecule has 0 unspecified atom stereocenters. The quantitative estimate of drug-likeness (QED) is 0.822. The Hall–Kier alpha value is -1.39. The van der Waals surface area contributed by atoms with Crippen molar-refractivity contribution in [3.05, 3.63) is 52.1 Å². The van der Waals surface area contributed by atoms with Gasteiger partial charge in [0.2, 0.25) is 5.88 Å². The van der Waals surface area contributed by atoms with Gasteiger partial charge in [0, 0.05) is 22.8 Å². The summed E-state index contributed by atoms with van der Waals surface area (Å²) in [7, 11) is 0. The molecule has 0 spiro atoms. The summed E-state index contributed by atoms with van der Waals surface area (Å²) in [5.41, 5.74) is 2.20. The largest absolute Gasteiger partial charge is 0.439 e. The summed E-state index contributed by atoms with van der Waals surface area (Å²) >= 11 is 3.43. The molecule has 0 saturated heterocycles. The van der Waals surface area contributed by atoms with Crippen LogP contribution in [0.25, 0.3) is 0 Å². The normalized spacial score (nSPS) is 10.9. The zero-order chi connectivity index (χ0) is 15.2. The Balaban J connectivity index is 2.01. The van der Waals surface area contributed by atoms with Crippen molar-refractivity contribution in [1.82, 2.24) is 10.3 Å². The molecule has 1 N–H and O–H groups in total. The molecule has 0 fully saturated rings. The lowest BCUT2D eigenvalue weighted by atomic mass is 10.2. The number of hydrogen-bond acceptors (Lipinski definition) is 3. The first-order chi connectivity index (χ1) is 10.0. The number of halogens is 1. The fourth-order valence-corrected chi connectivity index (χ4v) is 2.34. The number of nitrogens with one attached hydrogen (secondary N) is 1. The maximum Gasteiger partial charge on any atom is 0.219 e. The van der Waals surface area contributed by atoms with E-state index in [2.05, 4.69) is 46.1 Å². The van der Waals surface area contributed by atoms with Crippen LogP contribution in [0.2, 0.25) is 0 Å². The lowest BCUT2D eigenvalue weighted by Crippen LogP contribution is -2.19. The van der Waals surface area contributed by atoms with Gasteiger partial charge in [-0.3, -0.25) is 0 Å². The zero-order valence-corrected chi connectivity index (χ0v) is 14.3. The molecule has 21 heavy (non-hydrogen) atoms. The molecule has 0 aliphatic carbocycles. The maximum atomic E-state index is 5.78. The van der Waals surface area contributed by atoms with Crippen LogP contribution in [0.4, 0.5) is 0 Å². The Labute approximate surface area is 134 Å². The number of benzene rings is 1. The van der Waals surface area contributed by atoms with Gasteiger partial charge in [0.15, 0.2) is 0 Å². The predicted octanol–water partition coefficient (Wildman–Crippen LogP) is 4.69. The number of aromatic nitrogens is 1. The molecule has 0 atom stereocenters. The van der Waals surface area contributed by atoms with E-state index in [0.29, 0.717) is 11.8 Å². The van der Waals surface area contributed by atoms with Crippen molar-refractivity contribution >= 4 is 15.9 Å². The molecule has 0 aliphatic heterocycles. The zero-order valence-electron chi connectivity index (χ0n) is 12.7. The molecule has 2 aromatic rings. The van der Waals surface area contributed by atoms with Gasteiger partial charge < -0.3 is 10.1 Å². The molecule has 0 saturated carbocycles. The summed E-state index contributed by atoms with van der Waals surface area (Å²) in [6.45, 7) is 8.27. The van der Waals surface area contributed by atoms with E-state index in [0.717, 1.165) is 29.0 Å². The van der Waals surface area contributed by atoms with Crippen LogP contribution in [-0.4, -0.2) is 11.5 Å². The lowest BCUT2D eigenvalue weighted by Gasteiger charge is -2.11. The third-order valence-corrected chi connectivity index (χ3v) is 3.55. The monoisotopic (exact) mass is 348 g/mol. The molecule has 2 rings (SSSR count). The summed E-state index contributed by atoms with van der Waals surface area (Å²) in [4.78, 5) is 4.52. The summed E-state index contributed by atoms with van der Waals surface area (Å²) in [5, 5.41) is 3.43. The van der Waals surface area contributed by atoms with E-state index < -0.39 is 0 Å². The van der Waals surface area contributed by atoms with Gasteiger partial charge in [0.05, 0.1) is 0 Å². The Morgan fingerprint density at radius 2 is 2.05 bits per heavy atom. The molecule has 0 amide bonds. The highest BCUT2D eigenvalue weighted by molar-refractivity contribution is 9.10. The first-order valence-corrected chi connectivity index (χ1v) is 7.94. The second-order valence-corrected chi connectivity index (χ2v) is 6.39. The highest BCUT2D eigenvalue weighted by atomic mass is 79.9. The van der Waals surface area contributed by atoms with E-state index in [1.54, 1.807) is 0 Å². The van der Waals surface area contributed by atoms with Crippen molar-refractivity contribution in [1.29, 1.82) is 0 Å². The van der Waals surface area contributed by atoms with Crippen LogP contribution in [0.15, 0.2) is 40.9 Å². The van der Waals surface area contributed by atoms with Crippen molar-refractivity contribution < 1.29 is 4.74 Å². The minimum atomic E-state index is 0.623. The van der Waals surface area contributed by atoms with E-state index in [1.807, 2.05) is 37.3 Å². The second kappa shape index (κ2) is 7.57.